The first-order chi connectivity index (χ1) is 10.3. The van der Waals surface area contributed by atoms with E-state index in [-0.39, 0.29) is 5.41 Å². The van der Waals surface area contributed by atoms with E-state index in [1.807, 2.05) is 6.07 Å². The molecule has 3 fully saturated rings. The second-order valence-corrected chi connectivity index (χ2v) is 7.14. The summed E-state index contributed by atoms with van der Waals surface area (Å²) in [4.78, 5) is 2.50. The maximum atomic E-state index is 6.08. The van der Waals surface area contributed by atoms with Crippen LogP contribution in [0.5, 0.6) is 0 Å². The highest BCUT2D eigenvalue weighted by atomic mass is 16.5. The SMILES string of the molecule is c1coc(CN2C[C@@H]3COC[C@]3(COCC3CCC3)C2)c1. The van der Waals surface area contributed by atoms with Crippen LogP contribution in [0.4, 0.5) is 0 Å². The number of hydrogen-bond donors (Lipinski definition) is 0. The Balaban J connectivity index is 1.33. The second-order valence-electron chi connectivity index (χ2n) is 7.14. The van der Waals surface area contributed by atoms with Gasteiger partial charge in [0.25, 0.3) is 0 Å². The van der Waals surface area contributed by atoms with Crippen LogP contribution in [0.3, 0.4) is 0 Å². The quantitative estimate of drug-likeness (QED) is 0.807. The van der Waals surface area contributed by atoms with Crippen molar-refractivity contribution in [3.63, 3.8) is 0 Å². The molecule has 0 unspecified atom stereocenters. The fourth-order valence-electron chi connectivity index (χ4n) is 3.98. The van der Waals surface area contributed by atoms with Crippen LogP contribution in [0.1, 0.15) is 25.0 Å². The highest BCUT2D eigenvalue weighted by molar-refractivity contribution is 5.04. The fraction of sp³-hybridized carbons (Fsp3) is 0.765. The Morgan fingerprint density at radius 1 is 1.38 bits per heavy atom. The molecule has 0 aromatic carbocycles. The van der Waals surface area contributed by atoms with Gasteiger partial charge in [-0.15, -0.1) is 0 Å². The van der Waals surface area contributed by atoms with Gasteiger partial charge in [0, 0.05) is 31.0 Å². The third-order valence-corrected chi connectivity index (χ3v) is 5.52. The molecule has 4 heteroatoms. The average Bonchev–Trinajstić information content (AvgIpc) is 3.08. The number of ether oxygens (including phenoxy) is 2. The average molecular weight is 291 g/mol. The van der Waals surface area contributed by atoms with E-state index in [1.54, 1.807) is 6.26 Å². The Hall–Kier alpha value is -0.840. The number of hydrogen-bond acceptors (Lipinski definition) is 4. The smallest absolute Gasteiger partial charge is 0.117 e. The van der Waals surface area contributed by atoms with Crippen molar-refractivity contribution in [1.82, 2.24) is 4.90 Å². The fourth-order valence-corrected chi connectivity index (χ4v) is 3.98. The lowest BCUT2D eigenvalue weighted by Gasteiger charge is -2.30. The van der Waals surface area contributed by atoms with E-state index in [9.17, 15) is 0 Å². The summed E-state index contributed by atoms with van der Waals surface area (Å²) in [5.74, 6) is 2.50. The van der Waals surface area contributed by atoms with Crippen molar-refractivity contribution in [2.45, 2.75) is 25.8 Å². The molecule has 116 valence electrons. The molecule has 0 amide bonds. The molecule has 1 saturated carbocycles. The standard InChI is InChI=1S/C17H25NO3/c1-3-14(4-1)9-19-12-17-11-18(7-15(17)10-20-13-17)8-16-5-2-6-21-16/h2,5-6,14-15H,1,3-4,7-13H2/t15-,17-/m1/s1. The van der Waals surface area contributed by atoms with E-state index in [2.05, 4.69) is 11.0 Å². The molecule has 1 aromatic rings. The molecule has 0 N–H and O–H groups in total. The van der Waals surface area contributed by atoms with Gasteiger partial charge in [-0.25, -0.2) is 0 Å². The van der Waals surface area contributed by atoms with Crippen LogP contribution in [0.15, 0.2) is 22.8 Å². The monoisotopic (exact) mass is 291 g/mol. The van der Waals surface area contributed by atoms with Gasteiger partial charge >= 0.3 is 0 Å². The van der Waals surface area contributed by atoms with Crippen LogP contribution < -0.4 is 0 Å². The minimum absolute atomic E-state index is 0.219. The number of fused-ring (bicyclic) bond motifs is 1. The van der Waals surface area contributed by atoms with Crippen LogP contribution in [-0.2, 0) is 16.0 Å². The first-order valence-corrected chi connectivity index (χ1v) is 8.24. The van der Waals surface area contributed by atoms with Crippen LogP contribution in [0.2, 0.25) is 0 Å². The van der Waals surface area contributed by atoms with Gasteiger partial charge in [0.05, 0.1) is 32.6 Å². The first kappa shape index (κ1) is 13.8. The van der Waals surface area contributed by atoms with Gasteiger partial charge in [-0.3, -0.25) is 4.90 Å². The summed E-state index contributed by atoms with van der Waals surface area (Å²) >= 11 is 0. The molecule has 0 radical (unpaired) electrons. The van der Waals surface area contributed by atoms with Crippen molar-refractivity contribution in [1.29, 1.82) is 0 Å². The summed E-state index contributed by atoms with van der Waals surface area (Å²) in [6, 6.07) is 4.03. The highest BCUT2D eigenvalue weighted by Crippen LogP contribution is 2.42. The topological polar surface area (TPSA) is 34.8 Å². The molecular formula is C17H25NO3. The summed E-state index contributed by atoms with van der Waals surface area (Å²) in [6.45, 7) is 6.65. The lowest BCUT2D eigenvalue weighted by atomic mass is 9.81. The molecule has 4 rings (SSSR count). The molecule has 2 aliphatic heterocycles. The number of furan rings is 1. The van der Waals surface area contributed by atoms with E-state index < -0.39 is 0 Å². The van der Waals surface area contributed by atoms with Gasteiger partial charge in [-0.2, -0.15) is 0 Å². The highest BCUT2D eigenvalue weighted by Gasteiger charge is 2.50. The van der Waals surface area contributed by atoms with Crippen molar-refractivity contribution >= 4 is 0 Å². The Bertz CT molecular complexity index is 457. The predicted octanol–water partition coefficient (Wildman–Crippen LogP) is 2.54. The molecule has 4 nitrogen and oxygen atoms in total. The summed E-state index contributed by atoms with van der Waals surface area (Å²) < 4.78 is 17.3. The summed E-state index contributed by atoms with van der Waals surface area (Å²) in [6.07, 6.45) is 5.86. The summed E-state index contributed by atoms with van der Waals surface area (Å²) in [7, 11) is 0. The van der Waals surface area contributed by atoms with Gasteiger partial charge in [0.15, 0.2) is 0 Å². The van der Waals surface area contributed by atoms with Crippen LogP contribution in [0, 0.1) is 17.3 Å². The Morgan fingerprint density at radius 2 is 2.33 bits per heavy atom. The van der Waals surface area contributed by atoms with E-state index >= 15 is 0 Å². The Labute approximate surface area is 126 Å². The number of likely N-dealkylation sites (tertiary alicyclic amines) is 1. The van der Waals surface area contributed by atoms with Gasteiger partial charge < -0.3 is 13.9 Å². The third kappa shape index (κ3) is 2.77. The maximum Gasteiger partial charge on any atom is 0.117 e. The van der Waals surface area contributed by atoms with Crippen LogP contribution in [-0.4, -0.2) is 44.4 Å². The minimum atomic E-state index is 0.219. The van der Waals surface area contributed by atoms with Crippen molar-refractivity contribution in [3.05, 3.63) is 24.2 Å². The third-order valence-electron chi connectivity index (χ3n) is 5.52. The van der Waals surface area contributed by atoms with Crippen LogP contribution in [0.25, 0.3) is 0 Å². The molecule has 0 spiro atoms. The molecular weight excluding hydrogens is 266 g/mol. The number of nitrogens with zero attached hydrogens (tertiary/aromatic N) is 1. The molecule has 2 saturated heterocycles. The zero-order valence-electron chi connectivity index (χ0n) is 12.6. The largest absolute Gasteiger partial charge is 0.468 e. The van der Waals surface area contributed by atoms with Gasteiger partial charge in [0.2, 0.25) is 0 Å². The van der Waals surface area contributed by atoms with Gasteiger partial charge in [-0.05, 0) is 30.9 Å². The molecule has 2 atom stereocenters. The lowest BCUT2D eigenvalue weighted by molar-refractivity contribution is -0.00109. The number of rotatable bonds is 6. The molecule has 1 aliphatic carbocycles. The lowest BCUT2D eigenvalue weighted by Crippen LogP contribution is -2.36. The first-order valence-electron chi connectivity index (χ1n) is 8.24. The normalized spacial score (nSPS) is 33.2. The van der Waals surface area contributed by atoms with Gasteiger partial charge in [-0.1, -0.05) is 6.42 Å². The summed E-state index contributed by atoms with van der Waals surface area (Å²) in [5, 5.41) is 0. The van der Waals surface area contributed by atoms with E-state index in [1.165, 1.54) is 19.3 Å². The zero-order valence-corrected chi connectivity index (χ0v) is 12.6. The van der Waals surface area contributed by atoms with Crippen LogP contribution >= 0.6 is 0 Å². The molecule has 3 aliphatic rings. The zero-order chi connectivity index (χ0) is 14.1. The van der Waals surface area contributed by atoms with E-state index in [0.29, 0.717) is 5.92 Å². The molecule has 0 bridgehead atoms. The van der Waals surface area contributed by atoms with Crippen molar-refractivity contribution in [2.75, 3.05) is 39.5 Å². The van der Waals surface area contributed by atoms with E-state index in [4.69, 9.17) is 13.9 Å². The van der Waals surface area contributed by atoms with E-state index in [0.717, 1.165) is 57.7 Å². The maximum absolute atomic E-state index is 6.08. The van der Waals surface area contributed by atoms with Crippen molar-refractivity contribution in [3.8, 4) is 0 Å². The van der Waals surface area contributed by atoms with Crippen molar-refractivity contribution < 1.29 is 13.9 Å². The Morgan fingerprint density at radius 3 is 3.10 bits per heavy atom. The summed E-state index contributed by atoms with van der Waals surface area (Å²) in [5.41, 5.74) is 0.219. The Kier molecular flexibility index (Phi) is 3.78. The van der Waals surface area contributed by atoms with Crippen molar-refractivity contribution in [2.24, 2.45) is 17.3 Å². The second kappa shape index (κ2) is 5.75. The molecule has 1 aromatic heterocycles. The molecule has 3 heterocycles. The molecule has 21 heavy (non-hydrogen) atoms. The van der Waals surface area contributed by atoms with Gasteiger partial charge in [0.1, 0.15) is 5.76 Å². The minimum Gasteiger partial charge on any atom is -0.468 e. The predicted molar refractivity (Wildman–Crippen MR) is 78.9 cm³/mol.